The van der Waals surface area contributed by atoms with Gasteiger partial charge in [0, 0.05) is 50.8 Å². The molecule has 109 heavy (non-hydrogen) atoms. The highest BCUT2D eigenvalue weighted by Crippen LogP contribution is 2.56. The molecular formula is C81H70F6N8O13S. The normalized spacial score (nSPS) is 16.7. The van der Waals surface area contributed by atoms with E-state index in [1.165, 1.54) is 49.5 Å². The van der Waals surface area contributed by atoms with Gasteiger partial charge in [-0.15, -0.1) is 26.3 Å². The standard InChI is InChI=1S/C28H23F2N3O5S.C27H20F2N2O4.C26H19F2N3O4.4H2/c1-16-13-19(39(35,36)31-2)8-9-20(16)25-21-6-4-3-5-17(21)14-24(32-25)33-26(34)27(11-12-27)18-7-10-22-23(15-18)38-28(29,30)37-22;28-27(29)34-21-10-9-19(14-22(21)35-27)26(11-12-26)25(33)31-23-13-18-3-1-2-4-20(18)24(30-23)17-7-5-16(15-32)6-8-17;1-33-22-9-6-16(14-29-22)23-18-5-3-2-4-15(18)12-21(30-23)31-24(32)25(10-11-25)17-7-8-19-20(13-17)35-26(27,28)34-19;;;;/h3-10,13-15,31H,11-12H2,1-2H3,(H,32,33,34);1-10,13-14,32H,11-12,15H2,(H,30,31,33);2-9,12-14H,10-11H2,1H3,(H,30,31,32);4*1H. The molecule has 3 aliphatic carbocycles. The number of rotatable bonds is 16. The minimum absolute atomic E-state index is 0. The van der Waals surface area contributed by atoms with Gasteiger partial charge in [-0.1, -0.05) is 121 Å². The number of alkyl halides is 6. The second-order valence-corrected chi connectivity index (χ2v) is 28.8. The van der Waals surface area contributed by atoms with Crippen molar-refractivity contribution in [2.75, 3.05) is 30.1 Å². The number of aryl methyl sites for hydroxylation is 1. The van der Waals surface area contributed by atoms with Crippen LogP contribution in [0.3, 0.4) is 0 Å². The molecule has 18 rings (SSSR count). The van der Waals surface area contributed by atoms with Crippen LogP contribution in [0.15, 0.2) is 211 Å². The third-order valence-corrected chi connectivity index (χ3v) is 21.4. The number of ether oxygens (including phenoxy) is 7. The van der Waals surface area contributed by atoms with Gasteiger partial charge < -0.3 is 54.2 Å². The topological polar surface area (TPSA) is 270 Å². The first-order chi connectivity index (χ1) is 52.2. The Labute approximate surface area is 623 Å². The summed E-state index contributed by atoms with van der Waals surface area (Å²) < 4.78 is 140. The number of amides is 3. The van der Waals surface area contributed by atoms with Crippen LogP contribution in [0.5, 0.6) is 40.4 Å². The first-order valence-electron chi connectivity index (χ1n) is 34.4. The second kappa shape index (κ2) is 26.8. The Bertz CT molecular complexity index is 5630. The number of hydrogen-bond donors (Lipinski definition) is 5. The van der Waals surface area contributed by atoms with Gasteiger partial charge >= 0.3 is 18.9 Å². The van der Waals surface area contributed by atoms with E-state index in [9.17, 15) is 54.3 Å². The third kappa shape index (κ3) is 13.8. The van der Waals surface area contributed by atoms with E-state index in [-0.39, 0.29) is 69.4 Å². The number of carbonyl (C=O) groups is 3. The summed E-state index contributed by atoms with van der Waals surface area (Å²) in [4.78, 5) is 58.9. The summed E-state index contributed by atoms with van der Waals surface area (Å²) in [5, 5.41) is 23.5. The summed E-state index contributed by atoms with van der Waals surface area (Å²) in [6.45, 7) is 1.75. The van der Waals surface area contributed by atoms with Crippen LogP contribution in [-0.2, 0) is 47.3 Å². The molecule has 3 amide bonds. The summed E-state index contributed by atoms with van der Waals surface area (Å²) in [5.41, 5.74) is 4.96. The molecular weight excluding hydrogens is 1440 g/mol. The van der Waals surface area contributed by atoms with Gasteiger partial charge in [-0.2, -0.15) is 0 Å². The zero-order valence-electron chi connectivity index (χ0n) is 57.9. The van der Waals surface area contributed by atoms with Crippen molar-refractivity contribution < 1.29 is 93.1 Å². The predicted octanol–water partition coefficient (Wildman–Crippen LogP) is 16.8. The van der Waals surface area contributed by atoms with Gasteiger partial charge in [0.05, 0.1) is 51.9 Å². The monoisotopic (exact) mass is 1510 g/mol. The van der Waals surface area contributed by atoms with Crippen LogP contribution in [0.4, 0.5) is 43.8 Å². The number of aromatic nitrogens is 4. The quantitative estimate of drug-likeness (QED) is 0.0563. The number of anilines is 3. The number of fused-ring (bicyclic) bond motifs is 6. The van der Waals surface area contributed by atoms with E-state index in [1.807, 2.05) is 115 Å². The van der Waals surface area contributed by atoms with E-state index in [0.29, 0.717) is 101 Å². The van der Waals surface area contributed by atoms with Crippen molar-refractivity contribution in [2.45, 2.75) is 92.1 Å². The van der Waals surface area contributed by atoms with Crippen molar-refractivity contribution in [3.63, 3.8) is 0 Å². The fraction of sp³-hybridized carbons (Fsp3) is 0.198. The smallest absolute Gasteiger partial charge is 0.481 e. The number of carbonyl (C=O) groups excluding carboxylic acids is 3. The van der Waals surface area contributed by atoms with Crippen LogP contribution in [0.1, 0.15) is 72.0 Å². The highest BCUT2D eigenvalue weighted by molar-refractivity contribution is 7.89. The van der Waals surface area contributed by atoms with Crippen LogP contribution >= 0.6 is 0 Å². The van der Waals surface area contributed by atoms with Gasteiger partial charge in [0.15, 0.2) is 34.5 Å². The maximum absolute atomic E-state index is 13.5. The lowest BCUT2D eigenvalue weighted by molar-refractivity contribution is -0.287. The number of halogens is 6. The van der Waals surface area contributed by atoms with Crippen molar-refractivity contribution in [3.8, 4) is 74.1 Å². The maximum Gasteiger partial charge on any atom is 0.586 e. The number of pyridine rings is 4. The van der Waals surface area contributed by atoms with Crippen LogP contribution in [0, 0.1) is 6.92 Å². The van der Waals surface area contributed by atoms with Crippen molar-refractivity contribution >= 4 is 77.5 Å². The molecule has 3 fully saturated rings. The largest absolute Gasteiger partial charge is 0.586 e. The average Bonchev–Trinajstić information content (AvgIpc) is 1.59. The van der Waals surface area contributed by atoms with Gasteiger partial charge in [-0.3, -0.25) is 14.4 Å². The summed E-state index contributed by atoms with van der Waals surface area (Å²) in [7, 11) is -0.719. The lowest BCUT2D eigenvalue weighted by Gasteiger charge is -2.17. The molecule has 0 saturated heterocycles. The number of nitrogens with zero attached hydrogens (tertiary/aromatic N) is 4. The molecule has 8 aromatic carbocycles. The number of aliphatic hydroxyl groups excluding tert-OH is 1. The molecule has 12 aromatic rings. The zero-order chi connectivity index (χ0) is 76.0. The number of sulfonamides is 1. The molecule has 3 saturated carbocycles. The molecule has 560 valence electrons. The number of methoxy groups -OCH3 is 1. The van der Waals surface area contributed by atoms with Gasteiger partial charge in [0.25, 0.3) is 0 Å². The fourth-order valence-corrected chi connectivity index (χ4v) is 14.6. The molecule has 0 spiro atoms. The molecule has 0 bridgehead atoms. The van der Waals surface area contributed by atoms with Crippen LogP contribution in [-0.4, -0.2) is 84.2 Å². The Kier molecular flexibility index (Phi) is 17.4. The Balaban J connectivity index is 0.000000155. The number of nitrogens with one attached hydrogen (secondary N) is 4. The lowest BCUT2D eigenvalue weighted by atomic mass is 9.94. The fourth-order valence-electron chi connectivity index (χ4n) is 13.8. The molecule has 21 nitrogen and oxygen atoms in total. The van der Waals surface area contributed by atoms with Gasteiger partial charge in [0.2, 0.25) is 33.6 Å². The highest BCUT2D eigenvalue weighted by atomic mass is 32.2. The molecule has 5 N–H and O–H groups in total. The summed E-state index contributed by atoms with van der Waals surface area (Å²) >= 11 is 0. The third-order valence-electron chi connectivity index (χ3n) is 20.0. The van der Waals surface area contributed by atoms with E-state index in [1.54, 1.807) is 62.7 Å². The maximum atomic E-state index is 13.5. The van der Waals surface area contributed by atoms with E-state index >= 15 is 0 Å². The Hall–Kier alpha value is -12.4. The number of benzene rings is 8. The Morgan fingerprint density at radius 1 is 0.468 bits per heavy atom. The molecule has 3 aliphatic heterocycles. The SMILES string of the molecule is CNS(=O)(=O)c1ccc(-c2nc(NC(=O)C3(c4ccc5c(c4)OC(F)(F)O5)CC3)cc3ccccc23)c(C)c1.COc1ccc(-c2nc(NC(=O)C3(c4ccc5c(c4)OC(F)(F)O5)CC3)cc3ccccc23)cn1.O=C(Nc1cc2ccccc2c(-c2ccc(CO)cc2)n1)C1(c2ccc3c(c2)OC(F)(F)O3)CC1.[HH].[HH].[HH].[HH]. The van der Waals surface area contributed by atoms with Crippen molar-refractivity contribution in [2.24, 2.45) is 0 Å². The van der Waals surface area contributed by atoms with E-state index in [2.05, 4.69) is 54.1 Å². The first-order valence-corrected chi connectivity index (χ1v) is 35.8. The molecule has 0 unspecified atom stereocenters. The average molecular weight is 1510 g/mol. The van der Waals surface area contributed by atoms with Gasteiger partial charge in [0.1, 0.15) is 17.5 Å². The second-order valence-electron chi connectivity index (χ2n) is 27.0. The van der Waals surface area contributed by atoms with Gasteiger partial charge in [-0.25, -0.2) is 33.1 Å². The number of aliphatic hydroxyl groups is 1. The Morgan fingerprint density at radius 2 is 0.844 bits per heavy atom. The first kappa shape index (κ1) is 70.9. The van der Waals surface area contributed by atoms with E-state index in [0.717, 1.165) is 54.6 Å². The zero-order valence-corrected chi connectivity index (χ0v) is 58.7. The highest BCUT2D eigenvalue weighted by Gasteiger charge is 2.56. The molecule has 0 radical (unpaired) electrons. The van der Waals surface area contributed by atoms with Crippen molar-refractivity contribution in [1.29, 1.82) is 0 Å². The van der Waals surface area contributed by atoms with E-state index < -0.39 is 45.2 Å². The van der Waals surface area contributed by atoms with Crippen LogP contribution in [0.2, 0.25) is 0 Å². The van der Waals surface area contributed by atoms with Crippen LogP contribution in [0.25, 0.3) is 66.1 Å². The summed E-state index contributed by atoms with van der Waals surface area (Å²) in [6.07, 6.45) is -6.08. The van der Waals surface area contributed by atoms with Crippen LogP contribution < -0.4 is 53.8 Å². The lowest BCUT2D eigenvalue weighted by Crippen LogP contribution is -2.28. The minimum Gasteiger partial charge on any atom is -0.481 e. The predicted molar refractivity (Wildman–Crippen MR) is 398 cm³/mol. The number of hydrogen-bond acceptors (Lipinski definition) is 17. The minimum atomic E-state index is -3.74. The molecule has 7 heterocycles. The Morgan fingerprint density at radius 3 is 1.21 bits per heavy atom. The van der Waals surface area contributed by atoms with Crippen molar-refractivity contribution in [3.05, 3.63) is 234 Å². The molecule has 6 aliphatic rings. The molecule has 0 atom stereocenters. The van der Waals surface area contributed by atoms with Crippen molar-refractivity contribution in [1.82, 2.24) is 24.7 Å². The summed E-state index contributed by atoms with van der Waals surface area (Å²) in [6, 6.07) is 57.6. The van der Waals surface area contributed by atoms with E-state index in [4.69, 9.17) is 19.7 Å². The van der Waals surface area contributed by atoms with Gasteiger partial charge in [-0.05, 0) is 169 Å². The summed E-state index contributed by atoms with van der Waals surface area (Å²) in [5.74, 6) is 0.309. The molecule has 4 aromatic heterocycles. The molecule has 28 heteroatoms.